The summed E-state index contributed by atoms with van der Waals surface area (Å²) in [5, 5.41) is 77.4. The highest BCUT2D eigenvalue weighted by molar-refractivity contribution is 5.35. The molecular weight excluding hydrogens is 464 g/mol. The lowest BCUT2D eigenvalue weighted by Gasteiger charge is -2.18. The maximum Gasteiger partial charge on any atom is 0.115 e. The number of benzene rings is 4. The molecule has 0 aromatic heterocycles. The second kappa shape index (κ2) is 12.1. The summed E-state index contributed by atoms with van der Waals surface area (Å²) in [7, 11) is 0. The Kier molecular flexibility index (Phi) is 8.88. The Bertz CT molecular complexity index is 1080. The first kappa shape index (κ1) is 26.5. The fourth-order valence-electron chi connectivity index (χ4n) is 3.56. The molecule has 0 spiro atoms. The van der Waals surface area contributed by atoms with E-state index in [4.69, 9.17) is 0 Å². The fourth-order valence-corrected chi connectivity index (χ4v) is 3.56. The number of aromatic hydroxyl groups is 4. The minimum Gasteiger partial charge on any atom is -0.508 e. The molecule has 36 heavy (non-hydrogen) atoms. The summed E-state index contributed by atoms with van der Waals surface area (Å²) in [5.74, 6) is 0.0913. The number of aliphatic hydroxyl groups is 4. The largest absolute Gasteiger partial charge is 0.508 e. The molecular formula is C28H28O8. The Hall–Kier alpha value is -4.08. The third kappa shape index (κ3) is 6.97. The van der Waals surface area contributed by atoms with Crippen LogP contribution in [0.25, 0.3) is 0 Å². The van der Waals surface area contributed by atoms with Gasteiger partial charge < -0.3 is 40.9 Å². The third-order valence-corrected chi connectivity index (χ3v) is 5.45. The Morgan fingerprint density at radius 1 is 0.333 bits per heavy atom. The zero-order valence-corrected chi connectivity index (χ0v) is 19.1. The summed E-state index contributed by atoms with van der Waals surface area (Å²) >= 11 is 0. The lowest BCUT2D eigenvalue weighted by molar-refractivity contribution is 0.0170. The van der Waals surface area contributed by atoms with Crippen molar-refractivity contribution in [3.63, 3.8) is 0 Å². The summed E-state index contributed by atoms with van der Waals surface area (Å²) in [5.41, 5.74) is 1.63. The van der Waals surface area contributed by atoms with Gasteiger partial charge in [0.15, 0.2) is 0 Å². The highest BCUT2D eigenvalue weighted by atomic mass is 16.3. The molecule has 0 radical (unpaired) electrons. The van der Waals surface area contributed by atoms with Gasteiger partial charge in [-0.3, -0.25) is 0 Å². The Balaban J connectivity index is 0.000000201. The van der Waals surface area contributed by atoms with Gasteiger partial charge in [0, 0.05) is 0 Å². The first-order valence-corrected chi connectivity index (χ1v) is 11.0. The van der Waals surface area contributed by atoms with E-state index >= 15 is 0 Å². The van der Waals surface area contributed by atoms with E-state index in [1.807, 2.05) is 0 Å². The average Bonchev–Trinajstić information content (AvgIpc) is 2.87. The monoisotopic (exact) mass is 492 g/mol. The molecule has 4 aromatic carbocycles. The zero-order valence-electron chi connectivity index (χ0n) is 19.1. The fraction of sp³-hybridized carbons (Fsp3) is 0.143. The van der Waals surface area contributed by atoms with Crippen LogP contribution in [0.15, 0.2) is 97.1 Å². The topological polar surface area (TPSA) is 162 Å². The minimum absolute atomic E-state index is 0.0228. The molecule has 0 saturated carbocycles. The summed E-state index contributed by atoms with van der Waals surface area (Å²) in [4.78, 5) is 0. The van der Waals surface area contributed by atoms with Crippen molar-refractivity contribution in [3.05, 3.63) is 119 Å². The minimum atomic E-state index is -1.17. The second-order valence-corrected chi connectivity index (χ2v) is 8.16. The first-order chi connectivity index (χ1) is 17.2. The van der Waals surface area contributed by atoms with Crippen LogP contribution in [0.2, 0.25) is 0 Å². The average molecular weight is 493 g/mol. The van der Waals surface area contributed by atoms with Crippen LogP contribution in [-0.2, 0) is 0 Å². The van der Waals surface area contributed by atoms with Gasteiger partial charge in [-0.1, -0.05) is 48.5 Å². The molecule has 188 valence electrons. The van der Waals surface area contributed by atoms with Gasteiger partial charge in [0.2, 0.25) is 0 Å². The highest BCUT2D eigenvalue weighted by Gasteiger charge is 2.21. The van der Waals surface area contributed by atoms with Gasteiger partial charge in [0.25, 0.3) is 0 Å². The summed E-state index contributed by atoms with van der Waals surface area (Å²) in [6.45, 7) is 0. The van der Waals surface area contributed by atoms with E-state index in [0.717, 1.165) is 0 Å². The molecule has 8 N–H and O–H groups in total. The molecule has 0 amide bonds. The Labute approximate surface area is 207 Å². The van der Waals surface area contributed by atoms with Gasteiger partial charge in [-0.2, -0.15) is 0 Å². The van der Waals surface area contributed by atoms with Crippen molar-refractivity contribution in [3.8, 4) is 23.0 Å². The smallest absolute Gasteiger partial charge is 0.115 e. The number of hydrogen-bond donors (Lipinski definition) is 8. The SMILES string of the molecule is Oc1cccc(C(O)C(O)c2cccc(O)c2)c1.Oc1cccc(C(O)C(O)c2cccc(O)c2)c1. The van der Waals surface area contributed by atoms with Gasteiger partial charge in [-0.25, -0.2) is 0 Å². The zero-order chi connectivity index (χ0) is 26.2. The Morgan fingerprint density at radius 3 is 0.694 bits per heavy atom. The van der Waals surface area contributed by atoms with Gasteiger partial charge in [-0.05, 0) is 70.8 Å². The van der Waals surface area contributed by atoms with Crippen molar-refractivity contribution in [1.29, 1.82) is 0 Å². The normalized spacial score (nSPS) is 14.1. The lowest BCUT2D eigenvalue weighted by atomic mass is 9.98. The van der Waals surface area contributed by atoms with E-state index in [1.165, 1.54) is 48.5 Å². The first-order valence-electron chi connectivity index (χ1n) is 11.0. The molecule has 4 rings (SSSR count). The van der Waals surface area contributed by atoms with Crippen molar-refractivity contribution in [1.82, 2.24) is 0 Å². The van der Waals surface area contributed by atoms with Crippen molar-refractivity contribution in [2.75, 3.05) is 0 Å². The standard InChI is InChI=1S/2C14H14O4/c2*15-11-5-1-3-9(7-11)13(17)14(18)10-4-2-6-12(16)8-10/h2*1-8,13-18H. The summed E-state index contributed by atoms with van der Waals surface area (Å²) in [6, 6.07) is 24.3. The van der Waals surface area contributed by atoms with Crippen LogP contribution in [-0.4, -0.2) is 40.9 Å². The molecule has 4 atom stereocenters. The maximum absolute atomic E-state index is 10.0. The van der Waals surface area contributed by atoms with Crippen LogP contribution < -0.4 is 0 Å². The van der Waals surface area contributed by atoms with Crippen molar-refractivity contribution >= 4 is 0 Å². The van der Waals surface area contributed by atoms with E-state index in [2.05, 4.69) is 0 Å². The van der Waals surface area contributed by atoms with Crippen LogP contribution >= 0.6 is 0 Å². The van der Waals surface area contributed by atoms with Crippen molar-refractivity contribution < 1.29 is 40.9 Å². The molecule has 8 heteroatoms. The highest BCUT2D eigenvalue weighted by Crippen LogP contribution is 2.32. The lowest BCUT2D eigenvalue weighted by Crippen LogP contribution is -2.10. The number of phenolic OH excluding ortho intramolecular Hbond substituents is 4. The quantitative estimate of drug-likeness (QED) is 0.202. The van der Waals surface area contributed by atoms with Gasteiger partial charge >= 0.3 is 0 Å². The molecule has 0 aliphatic heterocycles. The number of rotatable bonds is 6. The van der Waals surface area contributed by atoms with Crippen LogP contribution in [0.4, 0.5) is 0 Å². The van der Waals surface area contributed by atoms with Gasteiger partial charge in [0.05, 0.1) is 0 Å². The molecule has 0 fully saturated rings. The number of phenols is 4. The second-order valence-electron chi connectivity index (χ2n) is 8.16. The van der Waals surface area contributed by atoms with E-state index in [0.29, 0.717) is 22.3 Å². The molecule has 0 heterocycles. The molecule has 4 aromatic rings. The van der Waals surface area contributed by atoms with Crippen LogP contribution in [0.3, 0.4) is 0 Å². The van der Waals surface area contributed by atoms with E-state index in [-0.39, 0.29) is 23.0 Å². The molecule has 0 aliphatic carbocycles. The van der Waals surface area contributed by atoms with E-state index < -0.39 is 24.4 Å². The number of aliphatic hydroxyl groups excluding tert-OH is 4. The van der Waals surface area contributed by atoms with Crippen LogP contribution in [0.5, 0.6) is 23.0 Å². The van der Waals surface area contributed by atoms with Crippen molar-refractivity contribution in [2.24, 2.45) is 0 Å². The molecule has 0 saturated heterocycles. The molecule has 0 bridgehead atoms. The number of hydrogen-bond acceptors (Lipinski definition) is 8. The van der Waals surface area contributed by atoms with Crippen LogP contribution in [0, 0.1) is 0 Å². The van der Waals surface area contributed by atoms with E-state index in [9.17, 15) is 40.9 Å². The maximum atomic E-state index is 10.0. The third-order valence-electron chi connectivity index (χ3n) is 5.45. The molecule has 8 nitrogen and oxygen atoms in total. The van der Waals surface area contributed by atoms with Crippen molar-refractivity contribution in [2.45, 2.75) is 24.4 Å². The summed E-state index contributed by atoms with van der Waals surface area (Å²) in [6.07, 6.45) is -4.67. The molecule has 0 aliphatic rings. The van der Waals surface area contributed by atoms with Crippen LogP contribution in [0.1, 0.15) is 46.7 Å². The van der Waals surface area contributed by atoms with E-state index in [1.54, 1.807) is 48.5 Å². The van der Waals surface area contributed by atoms with Gasteiger partial charge in [-0.15, -0.1) is 0 Å². The Morgan fingerprint density at radius 2 is 0.528 bits per heavy atom. The summed E-state index contributed by atoms with van der Waals surface area (Å²) < 4.78 is 0. The van der Waals surface area contributed by atoms with Gasteiger partial charge in [0.1, 0.15) is 47.4 Å². The predicted molar refractivity (Wildman–Crippen MR) is 132 cm³/mol. The predicted octanol–water partition coefficient (Wildman–Crippen LogP) is 3.73. The molecule has 4 unspecified atom stereocenters.